The van der Waals surface area contributed by atoms with Gasteiger partial charge >= 0.3 is 6.18 Å². The van der Waals surface area contributed by atoms with Gasteiger partial charge in [0.25, 0.3) is 0 Å². The standard InChI is InChI=1S/C21H18F3N5O3/c22-21(23,24)15-5-6-19(29-14-25-13-26-29)18(9-15)27-20(30)12-28(10-16-3-1-7-31-16)11-17-4-2-8-32-17/h1-9,13-14H,10-12H2,(H,27,30). The highest BCUT2D eigenvalue weighted by Crippen LogP contribution is 2.33. The number of amides is 1. The summed E-state index contributed by atoms with van der Waals surface area (Å²) >= 11 is 0. The number of anilines is 1. The van der Waals surface area contributed by atoms with Crippen LogP contribution in [-0.4, -0.2) is 32.1 Å². The lowest BCUT2D eigenvalue weighted by atomic mass is 10.1. The van der Waals surface area contributed by atoms with Crippen molar-refractivity contribution in [2.75, 3.05) is 11.9 Å². The molecule has 11 heteroatoms. The highest BCUT2D eigenvalue weighted by Gasteiger charge is 2.31. The number of rotatable bonds is 8. The summed E-state index contributed by atoms with van der Waals surface area (Å²) in [5.41, 5.74) is -0.668. The molecule has 1 amide bonds. The molecule has 3 aromatic heterocycles. The van der Waals surface area contributed by atoms with Crippen molar-refractivity contribution in [3.05, 3.63) is 84.7 Å². The van der Waals surface area contributed by atoms with Crippen molar-refractivity contribution in [2.24, 2.45) is 0 Å². The van der Waals surface area contributed by atoms with Gasteiger partial charge in [0.1, 0.15) is 24.2 Å². The summed E-state index contributed by atoms with van der Waals surface area (Å²) < 4.78 is 51.7. The van der Waals surface area contributed by atoms with E-state index < -0.39 is 17.6 Å². The number of carbonyl (C=O) groups is 1. The fraction of sp³-hybridized carbons (Fsp3) is 0.190. The van der Waals surface area contributed by atoms with Crippen molar-refractivity contribution in [1.82, 2.24) is 19.7 Å². The van der Waals surface area contributed by atoms with Crippen LogP contribution in [0.15, 0.2) is 76.5 Å². The van der Waals surface area contributed by atoms with Gasteiger partial charge in [-0.05, 0) is 42.5 Å². The third-order valence-corrected chi connectivity index (χ3v) is 4.55. The quantitative estimate of drug-likeness (QED) is 0.439. The Morgan fingerprint density at radius 1 is 1.06 bits per heavy atom. The Bertz CT molecular complexity index is 1100. The van der Waals surface area contributed by atoms with Gasteiger partial charge in [0.05, 0.1) is 49.1 Å². The van der Waals surface area contributed by atoms with Crippen molar-refractivity contribution < 1.29 is 26.8 Å². The molecule has 8 nitrogen and oxygen atoms in total. The van der Waals surface area contributed by atoms with E-state index in [-0.39, 0.29) is 17.9 Å². The fourth-order valence-electron chi connectivity index (χ4n) is 3.15. The first-order valence-corrected chi connectivity index (χ1v) is 9.52. The predicted molar refractivity (Wildman–Crippen MR) is 107 cm³/mol. The summed E-state index contributed by atoms with van der Waals surface area (Å²) in [4.78, 5) is 18.4. The minimum atomic E-state index is -4.56. The normalized spacial score (nSPS) is 11.8. The van der Waals surface area contributed by atoms with Crippen LogP contribution >= 0.6 is 0 Å². The van der Waals surface area contributed by atoms with Gasteiger partial charge in [-0.1, -0.05) is 0 Å². The van der Waals surface area contributed by atoms with Gasteiger partial charge in [0.15, 0.2) is 0 Å². The topological polar surface area (TPSA) is 89.3 Å². The summed E-state index contributed by atoms with van der Waals surface area (Å²) in [6.07, 6.45) is 1.06. The second-order valence-electron chi connectivity index (χ2n) is 6.92. The zero-order chi connectivity index (χ0) is 22.6. The van der Waals surface area contributed by atoms with Crippen molar-refractivity contribution in [2.45, 2.75) is 19.3 Å². The monoisotopic (exact) mass is 445 g/mol. The van der Waals surface area contributed by atoms with Crippen LogP contribution in [-0.2, 0) is 24.1 Å². The highest BCUT2D eigenvalue weighted by atomic mass is 19.4. The number of nitrogens with zero attached hydrogens (tertiary/aromatic N) is 4. The Balaban J connectivity index is 1.55. The molecular weight excluding hydrogens is 427 g/mol. The van der Waals surface area contributed by atoms with Crippen LogP contribution in [0.25, 0.3) is 5.69 Å². The molecule has 1 aromatic carbocycles. The molecule has 0 bridgehead atoms. The Morgan fingerprint density at radius 3 is 2.28 bits per heavy atom. The lowest BCUT2D eigenvalue weighted by Crippen LogP contribution is -2.32. The van der Waals surface area contributed by atoms with Gasteiger partial charge in [0.2, 0.25) is 5.91 Å². The summed E-state index contributed by atoms with van der Waals surface area (Å²) in [5, 5.41) is 6.52. The fourth-order valence-corrected chi connectivity index (χ4v) is 3.15. The molecule has 0 saturated carbocycles. The van der Waals surface area contributed by atoms with Crippen LogP contribution < -0.4 is 5.32 Å². The van der Waals surface area contributed by atoms with Crippen molar-refractivity contribution in [1.29, 1.82) is 0 Å². The van der Waals surface area contributed by atoms with Gasteiger partial charge in [0, 0.05) is 0 Å². The molecular formula is C21H18F3N5O3. The molecule has 0 aliphatic heterocycles. The largest absolute Gasteiger partial charge is 0.468 e. The summed E-state index contributed by atoms with van der Waals surface area (Å²) in [5.74, 6) is 0.752. The number of aromatic nitrogens is 3. The first-order valence-electron chi connectivity index (χ1n) is 9.52. The average molecular weight is 445 g/mol. The summed E-state index contributed by atoms with van der Waals surface area (Å²) in [7, 11) is 0. The summed E-state index contributed by atoms with van der Waals surface area (Å²) in [6, 6.07) is 10.0. The SMILES string of the molecule is O=C(CN(Cc1ccco1)Cc1ccco1)Nc1cc(C(F)(F)F)ccc1-n1cncn1. The Hall–Kier alpha value is -3.86. The second-order valence-corrected chi connectivity index (χ2v) is 6.92. The van der Waals surface area contributed by atoms with Crippen LogP contribution in [0.3, 0.4) is 0 Å². The zero-order valence-electron chi connectivity index (χ0n) is 16.6. The van der Waals surface area contributed by atoms with Crippen LogP contribution in [0.5, 0.6) is 0 Å². The van der Waals surface area contributed by atoms with E-state index in [4.69, 9.17) is 8.83 Å². The molecule has 4 aromatic rings. The van der Waals surface area contributed by atoms with Crippen LogP contribution in [0.2, 0.25) is 0 Å². The molecule has 0 spiro atoms. The van der Waals surface area contributed by atoms with E-state index in [1.807, 2.05) is 0 Å². The molecule has 32 heavy (non-hydrogen) atoms. The van der Waals surface area contributed by atoms with Gasteiger partial charge in [-0.3, -0.25) is 9.69 Å². The zero-order valence-corrected chi connectivity index (χ0v) is 16.6. The first-order chi connectivity index (χ1) is 15.4. The van der Waals surface area contributed by atoms with Gasteiger partial charge in [-0.2, -0.15) is 18.3 Å². The number of hydrogen-bond donors (Lipinski definition) is 1. The minimum absolute atomic E-state index is 0.0359. The molecule has 0 unspecified atom stereocenters. The Morgan fingerprint density at radius 2 is 1.75 bits per heavy atom. The smallest absolute Gasteiger partial charge is 0.416 e. The molecule has 0 fully saturated rings. The van der Waals surface area contributed by atoms with E-state index >= 15 is 0 Å². The van der Waals surface area contributed by atoms with Crippen LogP contribution in [0.4, 0.5) is 18.9 Å². The van der Waals surface area contributed by atoms with Crippen molar-refractivity contribution >= 4 is 11.6 Å². The van der Waals surface area contributed by atoms with E-state index in [9.17, 15) is 18.0 Å². The van der Waals surface area contributed by atoms with E-state index in [0.717, 1.165) is 12.1 Å². The van der Waals surface area contributed by atoms with Crippen LogP contribution in [0.1, 0.15) is 17.1 Å². The highest BCUT2D eigenvalue weighted by molar-refractivity contribution is 5.94. The predicted octanol–water partition coefficient (Wildman–Crippen LogP) is 4.11. The first kappa shape index (κ1) is 21.4. The molecule has 0 aliphatic rings. The maximum absolute atomic E-state index is 13.2. The molecule has 0 aliphatic carbocycles. The summed E-state index contributed by atoms with van der Waals surface area (Å²) in [6.45, 7) is 0.494. The number of halogens is 3. The van der Waals surface area contributed by atoms with Crippen molar-refractivity contribution in [3.8, 4) is 5.69 Å². The molecule has 0 saturated heterocycles. The van der Waals surface area contributed by atoms with E-state index in [2.05, 4.69) is 15.4 Å². The number of alkyl halides is 3. The lowest BCUT2D eigenvalue weighted by molar-refractivity contribution is -0.137. The second kappa shape index (κ2) is 9.10. The molecule has 3 heterocycles. The van der Waals surface area contributed by atoms with E-state index in [1.54, 1.807) is 29.2 Å². The molecule has 0 atom stereocenters. The molecule has 0 radical (unpaired) electrons. The molecule has 1 N–H and O–H groups in total. The van der Waals surface area contributed by atoms with E-state index in [1.165, 1.54) is 35.9 Å². The third kappa shape index (κ3) is 5.24. The van der Waals surface area contributed by atoms with Crippen molar-refractivity contribution in [3.63, 3.8) is 0 Å². The Kier molecular flexibility index (Phi) is 6.08. The minimum Gasteiger partial charge on any atom is -0.468 e. The Labute approximate surface area is 180 Å². The number of hydrogen-bond acceptors (Lipinski definition) is 6. The maximum atomic E-state index is 13.2. The molecule has 166 valence electrons. The number of carbonyl (C=O) groups excluding carboxylic acids is 1. The van der Waals surface area contributed by atoms with Gasteiger partial charge in [-0.15, -0.1) is 0 Å². The maximum Gasteiger partial charge on any atom is 0.416 e. The number of benzene rings is 1. The van der Waals surface area contributed by atoms with Gasteiger partial charge in [-0.25, -0.2) is 9.67 Å². The third-order valence-electron chi connectivity index (χ3n) is 4.55. The van der Waals surface area contributed by atoms with Crippen LogP contribution in [0, 0.1) is 0 Å². The lowest BCUT2D eigenvalue weighted by Gasteiger charge is -2.20. The van der Waals surface area contributed by atoms with Gasteiger partial charge < -0.3 is 14.2 Å². The average Bonchev–Trinajstić information content (AvgIpc) is 3.51. The molecule has 4 rings (SSSR count). The van der Waals surface area contributed by atoms with E-state index in [0.29, 0.717) is 24.6 Å². The number of nitrogens with one attached hydrogen (secondary N) is 1. The number of furan rings is 2.